The molecule has 0 amide bonds. The van der Waals surface area contributed by atoms with Gasteiger partial charge in [-0.25, -0.2) is 4.99 Å². The van der Waals surface area contributed by atoms with Crippen molar-refractivity contribution in [3.8, 4) is 11.5 Å². The molecule has 0 radical (unpaired) electrons. The van der Waals surface area contributed by atoms with Crippen LogP contribution in [0.2, 0.25) is 0 Å². The van der Waals surface area contributed by atoms with E-state index in [0.717, 1.165) is 28.0 Å². The zero-order chi connectivity index (χ0) is 15.1. The summed E-state index contributed by atoms with van der Waals surface area (Å²) in [5, 5.41) is 4.05. The smallest absolute Gasteiger partial charge is 0.166 e. The summed E-state index contributed by atoms with van der Waals surface area (Å²) in [4.78, 5) is 4.61. The second-order valence-corrected chi connectivity index (χ2v) is 4.91. The summed E-state index contributed by atoms with van der Waals surface area (Å²) >= 11 is 1.53. The molecule has 0 bridgehead atoms. The van der Waals surface area contributed by atoms with Crippen molar-refractivity contribution in [2.24, 2.45) is 4.99 Å². The van der Waals surface area contributed by atoms with Crippen LogP contribution >= 0.6 is 11.8 Å². The van der Waals surface area contributed by atoms with E-state index in [1.54, 1.807) is 14.2 Å². The molecule has 0 aliphatic carbocycles. The molecule has 0 spiro atoms. The number of methoxy groups -OCH3 is 2. The Labute approximate surface area is 129 Å². The number of hydrogen-bond acceptors (Lipinski definition) is 4. The molecule has 1 N–H and O–H groups in total. The van der Waals surface area contributed by atoms with Crippen molar-refractivity contribution in [2.45, 2.75) is 0 Å². The van der Waals surface area contributed by atoms with Crippen molar-refractivity contribution < 1.29 is 9.47 Å². The highest BCUT2D eigenvalue weighted by Gasteiger charge is 2.06. The summed E-state index contributed by atoms with van der Waals surface area (Å²) in [6, 6.07) is 15.4. The zero-order valence-corrected chi connectivity index (χ0v) is 13.1. The third kappa shape index (κ3) is 3.92. The Balaban J connectivity index is 2.29. The monoisotopic (exact) mass is 302 g/mol. The van der Waals surface area contributed by atoms with E-state index in [4.69, 9.17) is 9.47 Å². The summed E-state index contributed by atoms with van der Waals surface area (Å²) < 4.78 is 10.7. The maximum atomic E-state index is 5.33. The molecule has 0 aliphatic rings. The predicted molar refractivity (Wildman–Crippen MR) is 90.2 cm³/mol. The molecule has 2 aromatic rings. The normalized spacial score (nSPS) is 11.1. The Morgan fingerprint density at radius 2 is 1.57 bits per heavy atom. The molecule has 0 atom stereocenters. The highest BCUT2D eigenvalue weighted by Crippen LogP contribution is 2.29. The topological polar surface area (TPSA) is 42.8 Å². The Morgan fingerprint density at radius 3 is 2.24 bits per heavy atom. The van der Waals surface area contributed by atoms with E-state index >= 15 is 0 Å². The quantitative estimate of drug-likeness (QED) is 0.680. The van der Waals surface area contributed by atoms with Crippen LogP contribution in [0.25, 0.3) is 0 Å². The first kappa shape index (κ1) is 15.3. The fourth-order valence-corrected chi connectivity index (χ4v) is 2.22. The van der Waals surface area contributed by atoms with E-state index in [2.05, 4.69) is 10.3 Å². The SMILES string of the molecule is COc1ccccc1N=C(Nc1ccccc1OC)SC. The Morgan fingerprint density at radius 1 is 0.952 bits per heavy atom. The average molecular weight is 302 g/mol. The number of amidine groups is 1. The van der Waals surface area contributed by atoms with Gasteiger partial charge >= 0.3 is 0 Å². The number of nitrogens with one attached hydrogen (secondary N) is 1. The van der Waals surface area contributed by atoms with Gasteiger partial charge in [-0.3, -0.25) is 0 Å². The van der Waals surface area contributed by atoms with Gasteiger partial charge in [0.2, 0.25) is 0 Å². The Bertz CT molecular complexity index is 629. The number of thioether (sulfide) groups is 1. The molecule has 0 fully saturated rings. The van der Waals surface area contributed by atoms with E-state index in [1.807, 2.05) is 54.8 Å². The summed E-state index contributed by atoms with van der Waals surface area (Å²) in [7, 11) is 3.29. The van der Waals surface area contributed by atoms with Gasteiger partial charge in [-0.05, 0) is 30.5 Å². The van der Waals surface area contributed by atoms with E-state index < -0.39 is 0 Å². The molecule has 4 nitrogen and oxygen atoms in total. The molecule has 0 aliphatic heterocycles. The zero-order valence-electron chi connectivity index (χ0n) is 12.3. The van der Waals surface area contributed by atoms with Crippen LogP contribution in [0.3, 0.4) is 0 Å². The lowest BCUT2D eigenvalue weighted by Crippen LogP contribution is -2.08. The van der Waals surface area contributed by atoms with Crippen molar-refractivity contribution in [2.75, 3.05) is 25.8 Å². The molecule has 0 unspecified atom stereocenters. The lowest BCUT2D eigenvalue weighted by atomic mass is 10.3. The first-order valence-corrected chi connectivity index (χ1v) is 7.66. The molecule has 0 saturated heterocycles. The van der Waals surface area contributed by atoms with E-state index in [0.29, 0.717) is 0 Å². The predicted octanol–water partition coefficient (Wildman–Crippen LogP) is 4.17. The van der Waals surface area contributed by atoms with Crippen LogP contribution in [-0.2, 0) is 0 Å². The molecule has 2 aromatic carbocycles. The van der Waals surface area contributed by atoms with E-state index in [-0.39, 0.29) is 0 Å². The maximum Gasteiger partial charge on any atom is 0.166 e. The Hall–Kier alpha value is -2.14. The van der Waals surface area contributed by atoms with Crippen molar-refractivity contribution in [1.82, 2.24) is 0 Å². The highest BCUT2D eigenvalue weighted by atomic mass is 32.2. The third-order valence-electron chi connectivity index (χ3n) is 2.85. The molecular weight excluding hydrogens is 284 g/mol. The van der Waals surface area contributed by atoms with Gasteiger partial charge in [-0.2, -0.15) is 0 Å². The van der Waals surface area contributed by atoms with Crippen LogP contribution in [0.5, 0.6) is 11.5 Å². The molecule has 2 rings (SSSR count). The molecule has 0 aromatic heterocycles. The summed E-state index contributed by atoms with van der Waals surface area (Å²) in [6.45, 7) is 0. The fourth-order valence-electron chi connectivity index (χ4n) is 1.82. The van der Waals surface area contributed by atoms with Crippen LogP contribution < -0.4 is 14.8 Å². The van der Waals surface area contributed by atoms with E-state index in [9.17, 15) is 0 Å². The van der Waals surface area contributed by atoms with Crippen LogP contribution in [0.4, 0.5) is 11.4 Å². The van der Waals surface area contributed by atoms with Gasteiger partial charge in [0.25, 0.3) is 0 Å². The van der Waals surface area contributed by atoms with Gasteiger partial charge in [0.05, 0.1) is 19.9 Å². The van der Waals surface area contributed by atoms with Gasteiger partial charge in [0.15, 0.2) is 5.17 Å². The number of anilines is 1. The van der Waals surface area contributed by atoms with Gasteiger partial charge < -0.3 is 14.8 Å². The largest absolute Gasteiger partial charge is 0.495 e. The third-order valence-corrected chi connectivity index (χ3v) is 3.43. The van der Waals surface area contributed by atoms with Crippen LogP contribution in [0.1, 0.15) is 0 Å². The van der Waals surface area contributed by atoms with Gasteiger partial charge in [-0.15, -0.1) is 0 Å². The second kappa shape index (κ2) is 7.59. The minimum absolute atomic E-state index is 0.742. The summed E-state index contributed by atoms with van der Waals surface area (Å²) in [5.41, 5.74) is 1.66. The lowest BCUT2D eigenvalue weighted by molar-refractivity contribution is 0.416. The first-order valence-electron chi connectivity index (χ1n) is 6.44. The number of aliphatic imine (C=N–C) groups is 1. The first-order chi connectivity index (χ1) is 10.3. The average Bonchev–Trinajstić information content (AvgIpc) is 2.55. The molecule has 5 heteroatoms. The second-order valence-electron chi connectivity index (χ2n) is 4.12. The van der Waals surface area contributed by atoms with Crippen molar-refractivity contribution >= 4 is 28.3 Å². The summed E-state index contributed by atoms with van der Waals surface area (Å²) in [6.07, 6.45) is 1.97. The standard InChI is InChI=1S/C16H18N2O2S/c1-19-14-10-6-4-8-12(14)17-16(21-3)18-13-9-5-7-11-15(13)20-2/h4-11H,1-3H3,(H,17,18). The van der Waals surface area contributed by atoms with Crippen LogP contribution in [0, 0.1) is 0 Å². The van der Waals surface area contributed by atoms with Crippen molar-refractivity contribution in [3.05, 3.63) is 48.5 Å². The molecular formula is C16H18N2O2S. The van der Waals surface area contributed by atoms with E-state index in [1.165, 1.54) is 11.8 Å². The highest BCUT2D eigenvalue weighted by molar-refractivity contribution is 8.13. The van der Waals surface area contributed by atoms with Gasteiger partial charge in [-0.1, -0.05) is 36.0 Å². The van der Waals surface area contributed by atoms with Gasteiger partial charge in [0, 0.05) is 0 Å². The minimum atomic E-state index is 0.742. The fraction of sp³-hybridized carbons (Fsp3) is 0.188. The molecule has 21 heavy (non-hydrogen) atoms. The number of benzene rings is 2. The van der Waals surface area contributed by atoms with Gasteiger partial charge in [0.1, 0.15) is 17.2 Å². The molecule has 0 saturated carbocycles. The van der Waals surface area contributed by atoms with Crippen LogP contribution in [0.15, 0.2) is 53.5 Å². The number of nitrogens with zero attached hydrogens (tertiary/aromatic N) is 1. The van der Waals surface area contributed by atoms with Crippen molar-refractivity contribution in [3.63, 3.8) is 0 Å². The lowest BCUT2D eigenvalue weighted by Gasteiger charge is -2.12. The molecule has 110 valence electrons. The summed E-state index contributed by atoms with van der Waals surface area (Å²) in [5.74, 6) is 1.52. The number of ether oxygens (including phenoxy) is 2. The number of para-hydroxylation sites is 4. The number of rotatable bonds is 4. The Kier molecular flexibility index (Phi) is 5.51. The van der Waals surface area contributed by atoms with Crippen molar-refractivity contribution in [1.29, 1.82) is 0 Å². The maximum absolute atomic E-state index is 5.33. The number of hydrogen-bond donors (Lipinski definition) is 1. The minimum Gasteiger partial charge on any atom is -0.495 e. The molecule has 0 heterocycles. The van der Waals surface area contributed by atoms with Crippen LogP contribution in [-0.4, -0.2) is 25.6 Å².